The quantitative estimate of drug-likeness (QED) is 0.760. The van der Waals surface area contributed by atoms with Gasteiger partial charge in [0, 0.05) is 25.6 Å². The molecule has 0 radical (unpaired) electrons. The second kappa shape index (κ2) is 9.76. The Morgan fingerprint density at radius 2 is 1.63 bits per heavy atom. The molecule has 0 heterocycles. The number of methoxy groups -OCH3 is 1. The minimum Gasteiger partial charge on any atom is -0.495 e. The molecule has 2 aromatic carbocycles. The summed E-state index contributed by atoms with van der Waals surface area (Å²) in [7, 11) is 1.57. The summed E-state index contributed by atoms with van der Waals surface area (Å²) in [5.41, 5.74) is 3.81. The van der Waals surface area contributed by atoms with Crippen molar-refractivity contribution in [1.82, 2.24) is 0 Å². The van der Waals surface area contributed by atoms with Crippen molar-refractivity contribution in [3.63, 3.8) is 0 Å². The van der Waals surface area contributed by atoms with Gasteiger partial charge >= 0.3 is 0 Å². The molecule has 0 aliphatic rings. The third-order valence-corrected chi connectivity index (χ3v) is 4.56. The molecule has 0 saturated heterocycles. The number of ether oxygens (including phenoxy) is 1. The van der Waals surface area contributed by atoms with Gasteiger partial charge in [-0.3, -0.25) is 9.59 Å². The van der Waals surface area contributed by atoms with E-state index in [1.165, 1.54) is 0 Å². The molecule has 2 rings (SSSR count). The lowest BCUT2D eigenvalue weighted by molar-refractivity contribution is -0.117. The Balaban J connectivity index is 2.16. The third-order valence-electron chi connectivity index (χ3n) is 4.56. The van der Waals surface area contributed by atoms with E-state index in [4.69, 9.17) is 4.74 Å². The van der Waals surface area contributed by atoms with Gasteiger partial charge in [-0.05, 0) is 36.1 Å². The number of hydrogen-bond acceptors (Lipinski definition) is 3. The second-order valence-corrected chi connectivity index (χ2v) is 6.30. The van der Waals surface area contributed by atoms with Crippen molar-refractivity contribution in [2.45, 2.75) is 40.0 Å². The van der Waals surface area contributed by atoms with E-state index in [0.29, 0.717) is 18.0 Å². The molecule has 1 N–H and O–H groups in total. The number of benzene rings is 2. The molecule has 144 valence electrons. The van der Waals surface area contributed by atoms with Crippen LogP contribution in [0.4, 0.5) is 11.4 Å². The molecule has 0 aliphatic heterocycles. The van der Waals surface area contributed by atoms with Gasteiger partial charge in [0.1, 0.15) is 5.75 Å². The zero-order valence-corrected chi connectivity index (χ0v) is 16.5. The molecule has 0 bridgehead atoms. The number of nitrogens with one attached hydrogen (secondary N) is 1. The van der Waals surface area contributed by atoms with E-state index < -0.39 is 0 Å². The minimum atomic E-state index is -0.155. The average Bonchev–Trinajstić information content (AvgIpc) is 2.68. The first kappa shape index (κ1) is 20.5. The van der Waals surface area contributed by atoms with Gasteiger partial charge in [0.2, 0.25) is 11.8 Å². The van der Waals surface area contributed by atoms with Crippen LogP contribution in [0.15, 0.2) is 42.5 Å². The van der Waals surface area contributed by atoms with Gasteiger partial charge in [-0.15, -0.1) is 0 Å². The Kier molecular flexibility index (Phi) is 7.41. The van der Waals surface area contributed by atoms with E-state index in [0.717, 1.165) is 29.7 Å². The zero-order valence-electron chi connectivity index (χ0n) is 16.5. The van der Waals surface area contributed by atoms with Gasteiger partial charge in [0.25, 0.3) is 0 Å². The van der Waals surface area contributed by atoms with Crippen molar-refractivity contribution in [3.8, 4) is 5.75 Å². The van der Waals surface area contributed by atoms with Crippen LogP contribution in [0.5, 0.6) is 5.75 Å². The standard InChI is InChI=1S/C22H28N2O3/c1-5-17-10-9-11-18(6-2)22(17)24(16(3)25)15-14-21(26)23-19-12-7-8-13-20(19)27-4/h7-13H,5-6,14-15H2,1-4H3,(H,23,26). The van der Waals surface area contributed by atoms with E-state index >= 15 is 0 Å². The van der Waals surface area contributed by atoms with Gasteiger partial charge < -0.3 is 15.0 Å². The van der Waals surface area contributed by atoms with Crippen LogP contribution in [0.3, 0.4) is 0 Å². The van der Waals surface area contributed by atoms with Gasteiger partial charge in [-0.1, -0.05) is 44.2 Å². The van der Waals surface area contributed by atoms with E-state index in [9.17, 15) is 9.59 Å². The third kappa shape index (κ3) is 5.09. The maximum atomic E-state index is 12.4. The predicted molar refractivity (Wildman–Crippen MR) is 109 cm³/mol. The molecule has 5 nitrogen and oxygen atoms in total. The van der Waals surface area contributed by atoms with Crippen molar-refractivity contribution in [3.05, 3.63) is 53.6 Å². The number of carbonyl (C=O) groups is 2. The van der Waals surface area contributed by atoms with Crippen LogP contribution < -0.4 is 15.0 Å². The zero-order chi connectivity index (χ0) is 19.8. The fourth-order valence-corrected chi connectivity index (χ4v) is 3.16. The lowest BCUT2D eigenvalue weighted by Crippen LogP contribution is -2.33. The summed E-state index contributed by atoms with van der Waals surface area (Å²) in [5.74, 6) is 0.396. The molecule has 0 aliphatic carbocycles. The lowest BCUT2D eigenvalue weighted by atomic mass is 10.0. The Morgan fingerprint density at radius 3 is 2.19 bits per heavy atom. The summed E-state index contributed by atoms with van der Waals surface area (Å²) in [6.45, 7) is 6.03. The smallest absolute Gasteiger partial charge is 0.226 e. The summed E-state index contributed by atoms with van der Waals surface area (Å²) < 4.78 is 5.26. The minimum absolute atomic E-state index is 0.0595. The number of nitrogens with zero attached hydrogens (tertiary/aromatic N) is 1. The van der Waals surface area contributed by atoms with E-state index in [1.54, 1.807) is 31.1 Å². The van der Waals surface area contributed by atoms with Crippen molar-refractivity contribution in [2.75, 3.05) is 23.9 Å². The molecule has 5 heteroatoms. The number of hydrogen-bond donors (Lipinski definition) is 1. The largest absolute Gasteiger partial charge is 0.495 e. The van der Waals surface area contributed by atoms with Gasteiger partial charge in [-0.25, -0.2) is 0 Å². The molecule has 2 amide bonds. The molecule has 27 heavy (non-hydrogen) atoms. The van der Waals surface area contributed by atoms with Crippen LogP contribution >= 0.6 is 0 Å². The highest BCUT2D eigenvalue weighted by molar-refractivity contribution is 5.96. The first-order chi connectivity index (χ1) is 13.0. The van der Waals surface area contributed by atoms with Crippen molar-refractivity contribution >= 4 is 23.2 Å². The molecular formula is C22H28N2O3. The predicted octanol–water partition coefficient (Wildman–Crippen LogP) is 4.20. The number of carbonyl (C=O) groups excluding carboxylic acids is 2. The van der Waals surface area contributed by atoms with Crippen molar-refractivity contribution in [2.24, 2.45) is 0 Å². The second-order valence-electron chi connectivity index (χ2n) is 6.30. The molecule has 0 saturated carbocycles. The number of amides is 2. The summed E-state index contributed by atoms with van der Waals surface area (Å²) >= 11 is 0. The Labute approximate surface area is 161 Å². The molecular weight excluding hydrogens is 340 g/mol. The van der Waals surface area contributed by atoms with Crippen LogP contribution in [0.1, 0.15) is 38.3 Å². The highest BCUT2D eigenvalue weighted by Gasteiger charge is 2.19. The first-order valence-corrected chi connectivity index (χ1v) is 9.33. The van der Waals surface area contributed by atoms with E-state index in [1.807, 2.05) is 30.3 Å². The maximum Gasteiger partial charge on any atom is 0.226 e. The van der Waals surface area contributed by atoms with Crippen LogP contribution in [0.2, 0.25) is 0 Å². The Hall–Kier alpha value is -2.82. The van der Waals surface area contributed by atoms with Crippen LogP contribution in [0, 0.1) is 0 Å². The summed E-state index contributed by atoms with van der Waals surface area (Å²) in [6.07, 6.45) is 1.87. The van der Waals surface area contributed by atoms with E-state index in [-0.39, 0.29) is 18.2 Å². The first-order valence-electron chi connectivity index (χ1n) is 9.33. The van der Waals surface area contributed by atoms with Crippen LogP contribution in [-0.4, -0.2) is 25.5 Å². The highest BCUT2D eigenvalue weighted by Crippen LogP contribution is 2.28. The number of rotatable bonds is 8. The summed E-state index contributed by atoms with van der Waals surface area (Å²) in [5, 5.41) is 2.86. The average molecular weight is 368 g/mol. The Morgan fingerprint density at radius 1 is 1.00 bits per heavy atom. The molecule has 0 atom stereocenters. The molecule has 0 unspecified atom stereocenters. The molecule has 0 spiro atoms. The summed E-state index contributed by atoms with van der Waals surface area (Å²) in [4.78, 5) is 26.5. The maximum absolute atomic E-state index is 12.4. The van der Waals surface area contributed by atoms with Crippen LogP contribution in [-0.2, 0) is 22.4 Å². The Bertz CT molecular complexity index is 780. The number of para-hydroxylation sites is 3. The SMILES string of the molecule is CCc1cccc(CC)c1N(CCC(=O)Nc1ccccc1OC)C(C)=O. The fourth-order valence-electron chi connectivity index (χ4n) is 3.16. The summed E-state index contributed by atoms with van der Waals surface area (Å²) in [6, 6.07) is 13.4. The lowest BCUT2D eigenvalue weighted by Gasteiger charge is -2.26. The molecule has 0 aromatic heterocycles. The monoisotopic (exact) mass is 368 g/mol. The van der Waals surface area contributed by atoms with Gasteiger partial charge in [0.05, 0.1) is 12.8 Å². The number of anilines is 2. The molecule has 0 fully saturated rings. The molecule has 2 aromatic rings. The van der Waals surface area contributed by atoms with Crippen LogP contribution in [0.25, 0.3) is 0 Å². The van der Waals surface area contributed by atoms with Crippen molar-refractivity contribution in [1.29, 1.82) is 0 Å². The van der Waals surface area contributed by atoms with E-state index in [2.05, 4.69) is 19.2 Å². The fraction of sp³-hybridized carbons (Fsp3) is 0.364. The van der Waals surface area contributed by atoms with Gasteiger partial charge in [-0.2, -0.15) is 0 Å². The number of aryl methyl sites for hydroxylation is 2. The van der Waals surface area contributed by atoms with Gasteiger partial charge in [0.15, 0.2) is 0 Å². The van der Waals surface area contributed by atoms with Crippen molar-refractivity contribution < 1.29 is 14.3 Å². The highest BCUT2D eigenvalue weighted by atomic mass is 16.5. The topological polar surface area (TPSA) is 58.6 Å². The normalized spacial score (nSPS) is 10.4.